The number of ether oxygens (including phenoxy) is 1. The highest BCUT2D eigenvalue weighted by Crippen LogP contribution is 2.40. The van der Waals surface area contributed by atoms with E-state index in [0.29, 0.717) is 42.4 Å². The number of aliphatic hydroxyl groups excluding tert-OH is 1. The summed E-state index contributed by atoms with van der Waals surface area (Å²) in [4.78, 5) is 49.7. The van der Waals surface area contributed by atoms with E-state index in [9.17, 15) is 27.9 Å². The highest BCUT2D eigenvalue weighted by Gasteiger charge is 2.42. The van der Waals surface area contributed by atoms with Gasteiger partial charge in [-0.15, -0.1) is 21.5 Å². The second-order valence-corrected chi connectivity index (χ2v) is 23.4. The van der Waals surface area contributed by atoms with E-state index < -0.39 is 33.4 Å². The number of carbonyl (C=O) groups excluding carboxylic acids is 3. The van der Waals surface area contributed by atoms with Crippen molar-refractivity contribution in [2.24, 2.45) is 10.4 Å². The summed E-state index contributed by atoms with van der Waals surface area (Å²) in [7, 11) is -3.31. The number of sulfone groups is 1. The number of hydrogen-bond donors (Lipinski definition) is 4. The van der Waals surface area contributed by atoms with Gasteiger partial charge in [-0.05, 0) is 92.6 Å². The maximum atomic E-state index is 14.2. The Balaban J connectivity index is 0.829. The standard InChI is InChI=1S/C51H61ClN8O7S2/c1-28-30(3)68-50-45(28)46(34-11-15-35(52)16-12-34)55-42(48-58-57-31(4)60(48)50)25-44(63)54-36-22-40(23-36)67-39-17-9-32(10-18-39)21-43(62)56-47(51(5,6)7)49(64)59-27-38(61)24-37(59)26-53-29(2)33-13-19-41(20-14-33)69(8,65)66/h9-20,29,36-38,40,42,47,53,61H,21-27H2,1-8H3,(H,54,63)(H,56,62)/t29-,36?,37+,38-,40?,42+,47-/m1/s1. The summed E-state index contributed by atoms with van der Waals surface area (Å²) in [5.41, 5.74) is 4.86. The molecule has 5 atom stereocenters. The van der Waals surface area contributed by atoms with Crippen LogP contribution in [0.3, 0.4) is 0 Å². The first-order chi connectivity index (χ1) is 32.6. The fourth-order valence-electron chi connectivity index (χ4n) is 9.25. The molecule has 1 aliphatic carbocycles. The van der Waals surface area contributed by atoms with Crippen molar-refractivity contribution in [3.05, 3.63) is 122 Å². The smallest absolute Gasteiger partial charge is 0.246 e. The van der Waals surface area contributed by atoms with Crippen LogP contribution in [-0.4, -0.2) is 106 Å². The van der Waals surface area contributed by atoms with Crippen LogP contribution in [0.2, 0.25) is 5.02 Å². The number of nitrogens with zero attached hydrogens (tertiary/aromatic N) is 5. The predicted octanol–water partition coefficient (Wildman–Crippen LogP) is 6.71. The van der Waals surface area contributed by atoms with E-state index in [1.54, 1.807) is 40.5 Å². The Bertz CT molecular complexity index is 2850. The summed E-state index contributed by atoms with van der Waals surface area (Å²) in [5, 5.41) is 30.8. The molecule has 3 aromatic carbocycles. The number of hydrogen-bond acceptors (Lipinski definition) is 12. The normalized spacial score (nSPS) is 21.0. The van der Waals surface area contributed by atoms with Crippen molar-refractivity contribution >= 4 is 56.2 Å². The zero-order chi connectivity index (χ0) is 49.5. The highest BCUT2D eigenvalue weighted by molar-refractivity contribution is 7.90. The first kappa shape index (κ1) is 49.9. The number of aliphatic hydroxyl groups is 1. The number of likely N-dealkylation sites (tertiary alicyclic amines) is 1. The number of fused-ring (bicyclic) bond motifs is 3. The Labute approximate surface area is 413 Å². The summed E-state index contributed by atoms with van der Waals surface area (Å²) in [6.45, 7) is 14.3. The van der Waals surface area contributed by atoms with Gasteiger partial charge < -0.3 is 30.7 Å². The van der Waals surface area contributed by atoms with E-state index in [0.717, 1.165) is 44.4 Å². The van der Waals surface area contributed by atoms with Gasteiger partial charge in [0.25, 0.3) is 0 Å². The Morgan fingerprint density at radius 1 is 0.942 bits per heavy atom. The van der Waals surface area contributed by atoms with Crippen LogP contribution in [0.5, 0.6) is 5.75 Å². The van der Waals surface area contributed by atoms with Crippen LogP contribution in [0.25, 0.3) is 5.00 Å². The number of rotatable bonds is 15. The largest absolute Gasteiger partial charge is 0.490 e. The Kier molecular flexibility index (Phi) is 14.6. The van der Waals surface area contributed by atoms with Crippen molar-refractivity contribution in [3.8, 4) is 10.8 Å². The maximum Gasteiger partial charge on any atom is 0.246 e. The van der Waals surface area contributed by atoms with Crippen LogP contribution in [0.4, 0.5) is 0 Å². The summed E-state index contributed by atoms with van der Waals surface area (Å²) in [5.74, 6) is 1.31. The number of halogens is 1. The van der Waals surface area contributed by atoms with Gasteiger partial charge in [0.1, 0.15) is 34.8 Å². The van der Waals surface area contributed by atoms with Gasteiger partial charge in [-0.3, -0.25) is 23.9 Å². The molecule has 1 saturated heterocycles. The van der Waals surface area contributed by atoms with E-state index in [1.165, 1.54) is 11.1 Å². The number of carbonyl (C=O) groups is 3. The van der Waals surface area contributed by atoms with Crippen LogP contribution >= 0.6 is 22.9 Å². The first-order valence-electron chi connectivity index (χ1n) is 23.4. The number of aryl methyl sites for hydroxylation is 2. The Hall–Kier alpha value is -5.46. The molecule has 4 N–H and O–H groups in total. The van der Waals surface area contributed by atoms with Crippen LogP contribution in [-0.2, 0) is 30.6 Å². The SMILES string of the molecule is Cc1sc2c(c1C)C(c1ccc(Cl)cc1)=N[C@@H](CC(=O)NC1CC(Oc3ccc(CC(=O)N[C@H](C(=O)N4C[C@H](O)C[C@H]4CN[C@H](C)c4ccc(S(C)(=O)=O)cc4)C(C)(C)C)cc3)C1)c1nnc(C)n1-2. The van der Waals surface area contributed by atoms with E-state index >= 15 is 0 Å². The lowest BCUT2D eigenvalue weighted by molar-refractivity contribution is -0.140. The molecule has 3 amide bonds. The molecule has 0 radical (unpaired) electrons. The van der Waals surface area contributed by atoms with Gasteiger partial charge >= 0.3 is 0 Å². The van der Waals surface area contributed by atoms with Gasteiger partial charge in [0.15, 0.2) is 15.7 Å². The molecular formula is C51H61ClN8O7S2. The molecular weight excluding hydrogens is 936 g/mol. The topological polar surface area (TPSA) is 197 Å². The van der Waals surface area contributed by atoms with Gasteiger partial charge in [0.05, 0.1) is 29.6 Å². The zero-order valence-corrected chi connectivity index (χ0v) is 42.6. The number of β-amino-alcohol motifs (C(OH)–C–C–N with tert-alkyl or cyclic N) is 1. The van der Waals surface area contributed by atoms with Crippen LogP contribution < -0.4 is 20.7 Å². The molecule has 366 valence electrons. The summed E-state index contributed by atoms with van der Waals surface area (Å²) < 4.78 is 32.1. The van der Waals surface area contributed by atoms with Gasteiger partial charge in [0.2, 0.25) is 17.7 Å². The first-order valence-corrected chi connectivity index (χ1v) is 26.4. The number of aliphatic imine (C=N–C) groups is 1. The monoisotopic (exact) mass is 996 g/mol. The molecule has 1 saturated carbocycles. The number of benzene rings is 3. The third-order valence-corrected chi connectivity index (χ3v) is 15.9. The highest BCUT2D eigenvalue weighted by atomic mass is 35.5. The van der Waals surface area contributed by atoms with Gasteiger partial charge in [-0.25, -0.2) is 8.42 Å². The maximum absolute atomic E-state index is 14.2. The van der Waals surface area contributed by atoms with E-state index in [1.807, 2.05) is 87.7 Å². The van der Waals surface area contributed by atoms with Crippen molar-refractivity contribution in [3.63, 3.8) is 0 Å². The fourth-order valence-corrected chi connectivity index (χ4v) is 11.2. The molecule has 3 aliphatic rings. The van der Waals surface area contributed by atoms with Crippen LogP contribution in [0.15, 0.2) is 82.7 Å². The minimum Gasteiger partial charge on any atom is -0.490 e. The molecule has 0 bridgehead atoms. The molecule has 69 heavy (non-hydrogen) atoms. The molecule has 4 heterocycles. The zero-order valence-electron chi connectivity index (χ0n) is 40.2. The molecule has 2 aromatic heterocycles. The molecule has 0 spiro atoms. The molecule has 8 rings (SSSR count). The average molecular weight is 998 g/mol. The molecule has 0 unspecified atom stereocenters. The summed E-state index contributed by atoms with van der Waals surface area (Å²) >= 11 is 7.93. The van der Waals surface area contributed by atoms with E-state index in [2.05, 4.69) is 40.0 Å². The lowest BCUT2D eigenvalue weighted by atomic mass is 9.85. The summed E-state index contributed by atoms with van der Waals surface area (Å²) in [6.07, 6.45) is 2.18. The van der Waals surface area contributed by atoms with Crippen molar-refractivity contribution in [1.82, 2.24) is 35.6 Å². The van der Waals surface area contributed by atoms with E-state index in [4.69, 9.17) is 21.3 Å². The van der Waals surface area contributed by atoms with Gasteiger partial charge in [0, 0.05) is 71.3 Å². The number of aromatic nitrogens is 3. The minimum atomic E-state index is -3.31. The molecule has 15 nitrogen and oxygen atoms in total. The van der Waals surface area contributed by atoms with Gasteiger partial charge in [-0.1, -0.05) is 68.8 Å². The number of amides is 3. The Morgan fingerprint density at radius 3 is 2.28 bits per heavy atom. The minimum absolute atomic E-state index is 0.0521. The molecule has 2 fully saturated rings. The molecule has 18 heteroatoms. The molecule has 2 aliphatic heterocycles. The second-order valence-electron chi connectivity index (χ2n) is 19.8. The second kappa shape index (κ2) is 20.1. The quantitative estimate of drug-likeness (QED) is 0.0876. The summed E-state index contributed by atoms with van der Waals surface area (Å²) in [6, 6.07) is 19.7. The third-order valence-electron chi connectivity index (χ3n) is 13.3. The fraction of sp³-hybridized carbons (Fsp3) is 0.451. The average Bonchev–Trinajstić information content (AvgIpc) is 3.92. The van der Waals surface area contributed by atoms with Crippen molar-refractivity contribution < 1.29 is 32.6 Å². The van der Waals surface area contributed by atoms with E-state index in [-0.39, 0.29) is 66.2 Å². The lowest BCUT2D eigenvalue weighted by Crippen LogP contribution is -2.57. The molecule has 5 aromatic rings. The van der Waals surface area contributed by atoms with Crippen molar-refractivity contribution in [2.75, 3.05) is 19.3 Å². The third kappa shape index (κ3) is 11.3. The lowest BCUT2D eigenvalue weighted by Gasteiger charge is -2.36. The number of nitrogens with one attached hydrogen (secondary N) is 3. The van der Waals surface area contributed by atoms with Crippen LogP contribution in [0.1, 0.15) is 110 Å². The number of thiophene rings is 1. The van der Waals surface area contributed by atoms with Crippen molar-refractivity contribution in [1.29, 1.82) is 0 Å². The van der Waals surface area contributed by atoms with Crippen molar-refractivity contribution in [2.45, 2.75) is 128 Å². The van der Waals surface area contributed by atoms with Gasteiger partial charge in [-0.2, -0.15) is 0 Å². The predicted molar refractivity (Wildman–Crippen MR) is 267 cm³/mol. The van der Waals surface area contributed by atoms with Crippen LogP contribution in [0, 0.1) is 26.2 Å². The Morgan fingerprint density at radius 2 is 1.62 bits per heavy atom.